The van der Waals surface area contributed by atoms with Crippen LogP contribution in [0.4, 0.5) is 0 Å². The van der Waals surface area contributed by atoms with Crippen LogP contribution in [-0.4, -0.2) is 27.8 Å². The lowest BCUT2D eigenvalue weighted by molar-refractivity contribution is 0.0708. The minimum absolute atomic E-state index is 0.0198. The third-order valence-corrected chi connectivity index (χ3v) is 5.64. The Morgan fingerprint density at radius 2 is 1.93 bits per heavy atom. The quantitative estimate of drug-likeness (QED) is 0.673. The van der Waals surface area contributed by atoms with E-state index in [1.54, 1.807) is 0 Å². The van der Waals surface area contributed by atoms with Crippen LogP contribution in [0.25, 0.3) is 10.9 Å². The zero-order chi connectivity index (χ0) is 19.1. The van der Waals surface area contributed by atoms with Crippen molar-refractivity contribution >= 4 is 16.8 Å². The normalized spacial score (nSPS) is 15.0. The Balaban J connectivity index is 1.82. The average Bonchev–Trinajstić information content (AvgIpc) is 3.49. The lowest BCUT2D eigenvalue weighted by atomic mass is 9.97. The number of carbonyl (C=O) groups is 1. The second-order valence-electron chi connectivity index (χ2n) is 7.67. The van der Waals surface area contributed by atoms with Crippen LogP contribution in [0.2, 0.25) is 0 Å². The molecule has 1 saturated carbocycles. The zero-order valence-corrected chi connectivity index (χ0v) is 16.4. The van der Waals surface area contributed by atoms with Crippen LogP contribution in [-0.2, 0) is 0 Å². The van der Waals surface area contributed by atoms with E-state index in [9.17, 15) is 4.79 Å². The van der Waals surface area contributed by atoms with Crippen molar-refractivity contribution in [3.8, 4) is 0 Å². The lowest BCUT2D eigenvalue weighted by Crippen LogP contribution is -2.33. The van der Waals surface area contributed by atoms with Gasteiger partial charge in [-0.2, -0.15) is 0 Å². The lowest BCUT2D eigenvalue weighted by Gasteiger charge is -2.29. The fourth-order valence-corrected chi connectivity index (χ4v) is 3.89. The van der Waals surface area contributed by atoms with Crippen LogP contribution >= 0.6 is 0 Å². The summed E-state index contributed by atoms with van der Waals surface area (Å²) >= 11 is 0. The maximum absolute atomic E-state index is 13.7. The molecule has 1 aromatic carbocycles. The van der Waals surface area contributed by atoms with Gasteiger partial charge in [0.05, 0.1) is 22.8 Å². The van der Waals surface area contributed by atoms with Crippen LogP contribution in [0.15, 0.2) is 42.6 Å². The van der Waals surface area contributed by atoms with E-state index < -0.39 is 0 Å². The highest BCUT2D eigenvalue weighted by atomic mass is 16.2. The number of amides is 1. The molecular formula is C23H25N3O. The fourth-order valence-electron chi connectivity index (χ4n) is 3.89. The van der Waals surface area contributed by atoms with Crippen molar-refractivity contribution in [1.29, 1.82) is 0 Å². The summed E-state index contributed by atoms with van der Waals surface area (Å²) in [4.78, 5) is 24.8. The number of nitrogens with zero attached hydrogens (tertiary/aromatic N) is 3. The standard InChI is InChI=1S/C23H25N3O/c1-14-8-11-19-18(13-14)21(15(2)16(3)25-19)23(27)26(4)22(17-9-10-17)20-7-5-6-12-24-20/h5-8,11-13,17,22H,9-10H2,1-4H3/t22-/m0/s1. The number of hydrogen-bond donors (Lipinski definition) is 0. The second-order valence-corrected chi connectivity index (χ2v) is 7.67. The molecule has 0 bridgehead atoms. The van der Waals surface area contributed by atoms with Crippen LogP contribution in [0.3, 0.4) is 0 Å². The SMILES string of the molecule is Cc1ccc2nc(C)c(C)c(C(=O)N(C)[C@H](c3ccccn3)C3CC3)c2c1. The predicted molar refractivity (Wildman–Crippen MR) is 108 cm³/mol. The minimum atomic E-state index is 0.0198. The van der Waals surface area contributed by atoms with Gasteiger partial charge in [-0.15, -0.1) is 0 Å². The highest BCUT2D eigenvalue weighted by Gasteiger charge is 2.38. The number of fused-ring (bicyclic) bond motifs is 1. The van der Waals surface area contributed by atoms with Gasteiger partial charge in [0, 0.05) is 24.3 Å². The first-order valence-corrected chi connectivity index (χ1v) is 9.53. The number of aromatic nitrogens is 2. The van der Waals surface area contributed by atoms with Crippen molar-refractivity contribution in [2.45, 2.75) is 39.7 Å². The molecule has 0 aliphatic heterocycles. The van der Waals surface area contributed by atoms with E-state index in [2.05, 4.69) is 16.0 Å². The van der Waals surface area contributed by atoms with Crippen LogP contribution in [0, 0.1) is 26.7 Å². The molecular weight excluding hydrogens is 334 g/mol. The molecule has 138 valence electrons. The maximum atomic E-state index is 13.7. The van der Waals surface area contributed by atoms with E-state index in [0.717, 1.165) is 51.8 Å². The van der Waals surface area contributed by atoms with Crippen molar-refractivity contribution in [3.05, 3.63) is 70.7 Å². The van der Waals surface area contributed by atoms with Gasteiger partial charge in [-0.1, -0.05) is 17.7 Å². The van der Waals surface area contributed by atoms with Gasteiger partial charge in [0.25, 0.3) is 5.91 Å². The molecule has 0 N–H and O–H groups in total. The Morgan fingerprint density at radius 1 is 1.15 bits per heavy atom. The largest absolute Gasteiger partial charge is 0.333 e. The van der Waals surface area contributed by atoms with Gasteiger partial charge in [0.15, 0.2) is 0 Å². The minimum Gasteiger partial charge on any atom is -0.333 e. The van der Waals surface area contributed by atoms with Gasteiger partial charge in [0.2, 0.25) is 0 Å². The molecule has 1 aliphatic carbocycles. The third kappa shape index (κ3) is 3.20. The van der Waals surface area contributed by atoms with Crippen LogP contribution in [0.5, 0.6) is 0 Å². The molecule has 0 radical (unpaired) electrons. The van der Waals surface area contributed by atoms with Crippen LogP contribution in [0.1, 0.15) is 51.8 Å². The summed E-state index contributed by atoms with van der Waals surface area (Å²) in [6.45, 7) is 6.02. The third-order valence-electron chi connectivity index (χ3n) is 5.64. The van der Waals surface area contributed by atoms with Gasteiger partial charge in [-0.3, -0.25) is 14.8 Å². The predicted octanol–water partition coefficient (Wildman–Crippen LogP) is 4.78. The molecule has 2 aromatic heterocycles. The van der Waals surface area contributed by atoms with E-state index >= 15 is 0 Å². The number of rotatable bonds is 4. The first-order chi connectivity index (χ1) is 13.0. The molecule has 3 aromatic rings. The van der Waals surface area contributed by atoms with E-state index in [1.165, 1.54) is 0 Å². The average molecular weight is 359 g/mol. The van der Waals surface area contributed by atoms with Crippen molar-refractivity contribution in [2.75, 3.05) is 7.05 Å². The zero-order valence-electron chi connectivity index (χ0n) is 16.4. The summed E-state index contributed by atoms with van der Waals surface area (Å²) in [5.41, 5.74) is 5.61. The molecule has 0 spiro atoms. The van der Waals surface area contributed by atoms with Gasteiger partial charge in [-0.25, -0.2) is 0 Å². The first kappa shape index (κ1) is 17.7. The molecule has 27 heavy (non-hydrogen) atoms. The molecule has 1 atom stereocenters. The highest BCUT2D eigenvalue weighted by Crippen LogP contribution is 2.44. The number of aryl methyl sites for hydroxylation is 2. The molecule has 4 rings (SSSR count). The van der Waals surface area contributed by atoms with E-state index in [1.807, 2.05) is 69.2 Å². The summed E-state index contributed by atoms with van der Waals surface area (Å²) in [6.07, 6.45) is 4.10. The van der Waals surface area contributed by atoms with Crippen molar-refractivity contribution in [2.24, 2.45) is 5.92 Å². The molecule has 1 aliphatic rings. The van der Waals surface area contributed by atoms with Gasteiger partial charge >= 0.3 is 0 Å². The summed E-state index contributed by atoms with van der Waals surface area (Å²) < 4.78 is 0. The number of pyridine rings is 2. The molecule has 2 heterocycles. The Hall–Kier alpha value is -2.75. The molecule has 1 fully saturated rings. The maximum Gasteiger partial charge on any atom is 0.255 e. The van der Waals surface area contributed by atoms with Crippen molar-refractivity contribution in [3.63, 3.8) is 0 Å². The van der Waals surface area contributed by atoms with E-state index in [0.29, 0.717) is 5.92 Å². The van der Waals surface area contributed by atoms with Crippen molar-refractivity contribution < 1.29 is 4.79 Å². The van der Waals surface area contributed by atoms with Crippen molar-refractivity contribution in [1.82, 2.24) is 14.9 Å². The Morgan fingerprint density at radius 3 is 2.59 bits per heavy atom. The summed E-state index contributed by atoms with van der Waals surface area (Å²) in [7, 11) is 1.91. The van der Waals surface area contributed by atoms with Gasteiger partial charge in [-0.05, 0) is 69.4 Å². The Bertz CT molecular complexity index is 1010. The number of carbonyl (C=O) groups excluding carboxylic acids is 1. The molecule has 1 amide bonds. The molecule has 0 saturated heterocycles. The van der Waals surface area contributed by atoms with Gasteiger partial charge < -0.3 is 4.90 Å². The second kappa shape index (κ2) is 6.76. The molecule has 4 heteroatoms. The number of hydrogen-bond acceptors (Lipinski definition) is 3. The number of benzene rings is 1. The van der Waals surface area contributed by atoms with E-state index in [-0.39, 0.29) is 11.9 Å². The van der Waals surface area contributed by atoms with Crippen LogP contribution < -0.4 is 0 Å². The van der Waals surface area contributed by atoms with Gasteiger partial charge in [0.1, 0.15) is 0 Å². The first-order valence-electron chi connectivity index (χ1n) is 9.53. The summed E-state index contributed by atoms with van der Waals surface area (Å²) in [6, 6.07) is 12.1. The molecule has 0 unspecified atom stereocenters. The topological polar surface area (TPSA) is 46.1 Å². The van der Waals surface area contributed by atoms with E-state index in [4.69, 9.17) is 0 Å². The highest BCUT2D eigenvalue weighted by molar-refractivity contribution is 6.07. The Kier molecular flexibility index (Phi) is 4.42. The fraction of sp³-hybridized carbons (Fsp3) is 0.348. The smallest absolute Gasteiger partial charge is 0.255 e. The Labute approximate surface area is 160 Å². The summed E-state index contributed by atoms with van der Waals surface area (Å²) in [5, 5.41) is 0.936. The monoisotopic (exact) mass is 359 g/mol. The molecule has 4 nitrogen and oxygen atoms in total. The summed E-state index contributed by atoms with van der Waals surface area (Å²) in [5.74, 6) is 0.543.